The third-order valence-electron chi connectivity index (χ3n) is 5.40. The van der Waals surface area contributed by atoms with E-state index in [4.69, 9.17) is 0 Å². The molecule has 0 saturated heterocycles. The monoisotopic (exact) mass is 365 g/mol. The van der Waals surface area contributed by atoms with Crippen molar-refractivity contribution in [3.05, 3.63) is 41.5 Å². The number of nitrogens with zero attached hydrogens (tertiary/aromatic N) is 1. The summed E-state index contributed by atoms with van der Waals surface area (Å²) in [7, 11) is 2.00. The fourth-order valence-corrected chi connectivity index (χ4v) is 4.13. The van der Waals surface area contributed by atoms with Gasteiger partial charge in [0, 0.05) is 29.8 Å². The van der Waals surface area contributed by atoms with Gasteiger partial charge < -0.3 is 9.67 Å². The number of benzene rings is 2. The van der Waals surface area contributed by atoms with Crippen molar-refractivity contribution in [2.75, 3.05) is 0 Å². The number of carbonyl (C=O) groups is 1. The molecular weight excluding hydrogens is 334 g/mol. The Bertz CT molecular complexity index is 966. The van der Waals surface area contributed by atoms with Crippen molar-refractivity contribution < 1.29 is 9.90 Å². The van der Waals surface area contributed by atoms with Crippen LogP contribution in [0.25, 0.3) is 21.8 Å². The molecule has 0 bridgehead atoms. The zero-order valence-electron chi connectivity index (χ0n) is 17.0. The Morgan fingerprint density at radius 2 is 1.89 bits per heavy atom. The molecule has 0 radical (unpaired) electrons. The molecule has 3 aromatic rings. The maximum absolute atomic E-state index is 13.0. The van der Waals surface area contributed by atoms with Gasteiger partial charge in [0.25, 0.3) is 0 Å². The van der Waals surface area contributed by atoms with Gasteiger partial charge >= 0.3 is 0 Å². The minimum absolute atomic E-state index is 0.0240. The number of aryl methyl sites for hydroxylation is 2. The van der Waals surface area contributed by atoms with E-state index < -0.39 is 0 Å². The lowest BCUT2D eigenvalue weighted by atomic mass is 9.93. The van der Waals surface area contributed by atoms with Gasteiger partial charge in [-0.2, -0.15) is 0 Å². The maximum atomic E-state index is 13.0. The number of aromatic nitrogens is 1. The van der Waals surface area contributed by atoms with Crippen LogP contribution in [0.3, 0.4) is 0 Å². The van der Waals surface area contributed by atoms with Crippen LogP contribution in [0.1, 0.15) is 68.8 Å². The summed E-state index contributed by atoms with van der Waals surface area (Å²) in [6.07, 6.45) is 6.10. The minimum Gasteiger partial charge on any atom is -0.507 e. The van der Waals surface area contributed by atoms with E-state index in [0.717, 1.165) is 34.8 Å². The minimum atomic E-state index is 0.0240. The van der Waals surface area contributed by atoms with Crippen LogP contribution in [0, 0.1) is 5.92 Å². The van der Waals surface area contributed by atoms with Crippen molar-refractivity contribution in [2.24, 2.45) is 13.0 Å². The van der Waals surface area contributed by atoms with Crippen LogP contribution in [0.15, 0.2) is 30.3 Å². The van der Waals surface area contributed by atoms with Gasteiger partial charge in [0.2, 0.25) is 0 Å². The van der Waals surface area contributed by atoms with E-state index in [1.807, 2.05) is 39.1 Å². The van der Waals surface area contributed by atoms with E-state index >= 15 is 0 Å². The Morgan fingerprint density at radius 3 is 2.59 bits per heavy atom. The van der Waals surface area contributed by atoms with E-state index in [-0.39, 0.29) is 17.5 Å². The Labute approximate surface area is 162 Å². The highest BCUT2D eigenvalue weighted by Gasteiger charge is 2.23. The molecule has 27 heavy (non-hydrogen) atoms. The number of Topliss-reactive ketones (excluding diaryl/α,β-unsaturated/α-hetero) is 1. The third kappa shape index (κ3) is 3.73. The Kier molecular flexibility index (Phi) is 5.88. The fraction of sp³-hybridized carbons (Fsp3) is 0.458. The molecule has 0 amide bonds. The van der Waals surface area contributed by atoms with Crippen LogP contribution in [-0.2, 0) is 13.5 Å². The van der Waals surface area contributed by atoms with E-state index in [9.17, 15) is 9.90 Å². The second-order valence-electron chi connectivity index (χ2n) is 8.06. The standard InChI is InChI=1S/C24H31NO2/c1-5-6-7-8-11-17-15-21(27)23(20(26)14-16(2)3)24-22(17)18-12-9-10-13-19(18)25(24)4/h9-10,12-13,15-16,27H,5-8,11,14H2,1-4H3. The van der Waals surface area contributed by atoms with E-state index in [1.54, 1.807) is 0 Å². The number of hydrogen-bond donors (Lipinski definition) is 1. The summed E-state index contributed by atoms with van der Waals surface area (Å²) < 4.78 is 2.08. The lowest BCUT2D eigenvalue weighted by molar-refractivity contribution is 0.0966. The van der Waals surface area contributed by atoms with Crippen LogP contribution in [0.5, 0.6) is 5.75 Å². The number of fused-ring (bicyclic) bond motifs is 3. The van der Waals surface area contributed by atoms with Gasteiger partial charge in [-0.05, 0) is 36.5 Å². The molecule has 0 aliphatic rings. The highest BCUT2D eigenvalue weighted by atomic mass is 16.3. The summed E-state index contributed by atoms with van der Waals surface area (Å²) in [5.41, 5.74) is 3.62. The number of hydrogen-bond acceptors (Lipinski definition) is 2. The molecule has 0 fully saturated rings. The highest BCUT2D eigenvalue weighted by molar-refractivity contribution is 6.18. The number of ketones is 1. The first-order valence-electron chi connectivity index (χ1n) is 10.2. The van der Waals surface area contributed by atoms with Crippen molar-refractivity contribution in [1.29, 1.82) is 0 Å². The van der Waals surface area contributed by atoms with Crippen LogP contribution < -0.4 is 0 Å². The zero-order chi connectivity index (χ0) is 19.6. The third-order valence-corrected chi connectivity index (χ3v) is 5.40. The first kappa shape index (κ1) is 19.5. The highest BCUT2D eigenvalue weighted by Crippen LogP contribution is 2.39. The van der Waals surface area contributed by atoms with Crippen LogP contribution in [-0.4, -0.2) is 15.5 Å². The van der Waals surface area contributed by atoms with Gasteiger partial charge in [-0.1, -0.05) is 58.2 Å². The van der Waals surface area contributed by atoms with Crippen LogP contribution >= 0.6 is 0 Å². The summed E-state index contributed by atoms with van der Waals surface area (Å²) in [5, 5.41) is 13.1. The Hall–Kier alpha value is -2.29. The summed E-state index contributed by atoms with van der Waals surface area (Å²) in [4.78, 5) is 13.0. The summed E-state index contributed by atoms with van der Waals surface area (Å²) in [6.45, 7) is 6.29. The first-order chi connectivity index (χ1) is 13.0. The molecule has 1 aromatic heterocycles. The SMILES string of the molecule is CCCCCCc1cc(O)c(C(=O)CC(C)C)c2c1c1ccccc1n2C. The molecule has 0 saturated carbocycles. The van der Waals surface area contributed by atoms with Gasteiger partial charge in [-0.3, -0.25) is 4.79 Å². The lowest BCUT2D eigenvalue weighted by Crippen LogP contribution is -2.07. The van der Waals surface area contributed by atoms with Crippen molar-refractivity contribution in [2.45, 2.75) is 59.3 Å². The summed E-state index contributed by atoms with van der Waals surface area (Å²) in [5.74, 6) is 0.413. The molecule has 3 heteroatoms. The molecular formula is C24H31NO2. The van der Waals surface area contributed by atoms with Gasteiger partial charge in [0.15, 0.2) is 5.78 Å². The average Bonchev–Trinajstić information content (AvgIpc) is 2.91. The number of para-hydroxylation sites is 1. The second kappa shape index (κ2) is 8.16. The molecule has 2 aromatic carbocycles. The first-order valence-corrected chi connectivity index (χ1v) is 10.2. The summed E-state index contributed by atoms with van der Waals surface area (Å²) >= 11 is 0. The molecule has 0 unspecified atom stereocenters. The van der Waals surface area contributed by atoms with Gasteiger partial charge in [0.1, 0.15) is 5.75 Å². The number of aromatic hydroxyl groups is 1. The normalized spacial score (nSPS) is 11.7. The van der Waals surface area contributed by atoms with E-state index in [2.05, 4.69) is 23.6 Å². The topological polar surface area (TPSA) is 42.2 Å². The van der Waals surface area contributed by atoms with Crippen molar-refractivity contribution in [3.63, 3.8) is 0 Å². The van der Waals surface area contributed by atoms with Crippen molar-refractivity contribution in [1.82, 2.24) is 4.57 Å². The predicted molar refractivity (Wildman–Crippen MR) is 114 cm³/mol. The molecule has 1 heterocycles. The largest absolute Gasteiger partial charge is 0.507 e. The number of unbranched alkanes of at least 4 members (excludes halogenated alkanes) is 3. The van der Waals surface area contributed by atoms with Gasteiger partial charge in [0.05, 0.1) is 11.1 Å². The van der Waals surface area contributed by atoms with E-state index in [0.29, 0.717) is 12.0 Å². The van der Waals surface area contributed by atoms with Crippen molar-refractivity contribution in [3.8, 4) is 5.75 Å². The molecule has 144 valence electrons. The number of phenolic OH excluding ortho intramolecular Hbond substituents is 1. The quantitative estimate of drug-likeness (QED) is 0.371. The number of phenols is 1. The van der Waals surface area contributed by atoms with Crippen molar-refractivity contribution >= 4 is 27.6 Å². The second-order valence-corrected chi connectivity index (χ2v) is 8.06. The molecule has 3 rings (SSSR count). The molecule has 0 aliphatic carbocycles. The zero-order valence-corrected chi connectivity index (χ0v) is 17.0. The van der Waals surface area contributed by atoms with Gasteiger partial charge in [-0.25, -0.2) is 0 Å². The smallest absolute Gasteiger partial charge is 0.168 e. The Balaban J connectivity index is 2.23. The maximum Gasteiger partial charge on any atom is 0.168 e. The van der Waals surface area contributed by atoms with E-state index in [1.165, 1.54) is 24.6 Å². The van der Waals surface area contributed by atoms with Crippen LogP contribution in [0.2, 0.25) is 0 Å². The average molecular weight is 366 g/mol. The number of rotatable bonds is 8. The Morgan fingerprint density at radius 1 is 1.15 bits per heavy atom. The van der Waals surface area contributed by atoms with Crippen LogP contribution in [0.4, 0.5) is 0 Å². The molecule has 3 nitrogen and oxygen atoms in total. The molecule has 1 N–H and O–H groups in total. The lowest BCUT2D eigenvalue weighted by Gasteiger charge is -2.13. The predicted octanol–water partition coefficient (Wildman–Crippen LogP) is 6.39. The molecule has 0 atom stereocenters. The molecule has 0 aliphatic heterocycles. The van der Waals surface area contributed by atoms with Gasteiger partial charge in [-0.15, -0.1) is 0 Å². The summed E-state index contributed by atoms with van der Waals surface area (Å²) in [6, 6.07) is 10.1. The number of carbonyl (C=O) groups excluding carboxylic acids is 1. The molecule has 0 spiro atoms. The fourth-order valence-electron chi connectivity index (χ4n) is 4.13.